The molecule has 0 spiro atoms. The number of rotatable bonds is 8. The average Bonchev–Trinajstić information content (AvgIpc) is 2.78. The van der Waals surface area contributed by atoms with Crippen LogP contribution in [0, 0.1) is 0 Å². The molecule has 2 aromatic carbocycles. The molecule has 0 aromatic heterocycles. The van der Waals surface area contributed by atoms with Crippen molar-refractivity contribution < 1.29 is 9.53 Å². The van der Waals surface area contributed by atoms with Gasteiger partial charge in [0, 0.05) is 25.2 Å². The first-order valence-corrected chi connectivity index (χ1v) is 11.6. The SMILES string of the molecule is CCCCCC(C=Cc1ccc(C(=O)OC)cc1)c1ccc2c(c1)N(C)CCC2(C)C. The molecular formula is C28H37NO2. The predicted octanol–water partition coefficient (Wildman–Crippen LogP) is 6.97. The van der Waals surface area contributed by atoms with Crippen molar-refractivity contribution in [3.63, 3.8) is 0 Å². The Balaban J connectivity index is 1.86. The maximum absolute atomic E-state index is 11.7. The first kappa shape index (κ1) is 23.1. The molecule has 0 aliphatic carbocycles. The third kappa shape index (κ3) is 5.58. The molecule has 31 heavy (non-hydrogen) atoms. The minimum atomic E-state index is -0.297. The molecule has 0 saturated heterocycles. The zero-order chi connectivity index (χ0) is 22.4. The van der Waals surface area contributed by atoms with Crippen molar-refractivity contribution in [1.29, 1.82) is 0 Å². The summed E-state index contributed by atoms with van der Waals surface area (Å²) in [4.78, 5) is 14.1. The van der Waals surface area contributed by atoms with Crippen LogP contribution in [0.15, 0.2) is 48.5 Å². The number of benzene rings is 2. The van der Waals surface area contributed by atoms with Gasteiger partial charge in [-0.2, -0.15) is 0 Å². The molecule has 0 saturated carbocycles. The third-order valence-corrected chi connectivity index (χ3v) is 6.63. The fourth-order valence-corrected chi connectivity index (χ4v) is 4.43. The second-order valence-electron chi connectivity index (χ2n) is 9.41. The van der Waals surface area contributed by atoms with E-state index in [1.165, 1.54) is 49.6 Å². The molecule has 0 bridgehead atoms. The lowest BCUT2D eigenvalue weighted by molar-refractivity contribution is 0.0600. The fourth-order valence-electron chi connectivity index (χ4n) is 4.43. The van der Waals surface area contributed by atoms with Crippen LogP contribution in [-0.2, 0) is 10.2 Å². The number of ether oxygens (including phenoxy) is 1. The van der Waals surface area contributed by atoms with E-state index in [0.717, 1.165) is 18.5 Å². The molecule has 2 aromatic rings. The molecule has 1 aliphatic heterocycles. The molecule has 1 heterocycles. The van der Waals surface area contributed by atoms with E-state index in [9.17, 15) is 4.79 Å². The number of nitrogens with zero attached hydrogens (tertiary/aromatic N) is 1. The predicted molar refractivity (Wildman–Crippen MR) is 131 cm³/mol. The Labute approximate surface area is 188 Å². The molecule has 3 nitrogen and oxygen atoms in total. The van der Waals surface area contributed by atoms with Gasteiger partial charge in [-0.1, -0.05) is 76.5 Å². The summed E-state index contributed by atoms with van der Waals surface area (Å²) in [6.45, 7) is 8.07. The molecule has 3 heteroatoms. The van der Waals surface area contributed by atoms with Crippen molar-refractivity contribution in [2.45, 2.75) is 64.2 Å². The normalized spacial score (nSPS) is 16.2. The zero-order valence-corrected chi connectivity index (χ0v) is 19.8. The van der Waals surface area contributed by atoms with Gasteiger partial charge in [-0.05, 0) is 53.1 Å². The quantitative estimate of drug-likeness (QED) is 0.342. The van der Waals surface area contributed by atoms with Crippen molar-refractivity contribution in [3.8, 4) is 0 Å². The van der Waals surface area contributed by atoms with E-state index in [1.807, 2.05) is 24.3 Å². The average molecular weight is 420 g/mol. The first-order chi connectivity index (χ1) is 14.9. The third-order valence-electron chi connectivity index (χ3n) is 6.63. The summed E-state index contributed by atoms with van der Waals surface area (Å²) in [5, 5.41) is 0. The second kappa shape index (κ2) is 10.2. The Hall–Kier alpha value is -2.55. The Morgan fingerprint density at radius 3 is 2.58 bits per heavy atom. The smallest absolute Gasteiger partial charge is 0.337 e. The summed E-state index contributed by atoms with van der Waals surface area (Å²) in [5.41, 5.74) is 6.14. The van der Waals surface area contributed by atoms with Crippen LogP contribution < -0.4 is 4.90 Å². The van der Waals surface area contributed by atoms with E-state index >= 15 is 0 Å². The van der Waals surface area contributed by atoms with Crippen LogP contribution in [0.5, 0.6) is 0 Å². The van der Waals surface area contributed by atoms with Gasteiger partial charge in [-0.25, -0.2) is 4.79 Å². The van der Waals surface area contributed by atoms with Crippen LogP contribution in [-0.4, -0.2) is 26.7 Å². The minimum absolute atomic E-state index is 0.231. The lowest BCUT2D eigenvalue weighted by Crippen LogP contribution is -2.34. The van der Waals surface area contributed by atoms with E-state index in [-0.39, 0.29) is 11.4 Å². The Bertz CT molecular complexity index is 911. The summed E-state index contributed by atoms with van der Waals surface area (Å²) in [6, 6.07) is 14.7. The largest absolute Gasteiger partial charge is 0.465 e. The standard InChI is InChI=1S/C28H37NO2/c1-6-7-8-9-22(13-10-21-11-14-23(15-12-21)27(30)31-5)24-16-17-25-26(20-24)29(4)19-18-28(25,2)3/h10-17,20,22H,6-9,18-19H2,1-5H3. The first-order valence-electron chi connectivity index (χ1n) is 11.6. The second-order valence-corrected chi connectivity index (χ2v) is 9.41. The highest BCUT2D eigenvalue weighted by Gasteiger charge is 2.30. The molecule has 166 valence electrons. The number of unbranched alkanes of at least 4 members (excludes halogenated alkanes) is 2. The lowest BCUT2D eigenvalue weighted by atomic mass is 9.76. The molecule has 1 unspecified atom stereocenters. The number of carbonyl (C=O) groups excluding carboxylic acids is 1. The molecule has 1 atom stereocenters. The van der Waals surface area contributed by atoms with Gasteiger partial charge in [-0.15, -0.1) is 0 Å². The van der Waals surface area contributed by atoms with Crippen LogP contribution in [0.2, 0.25) is 0 Å². The fraction of sp³-hybridized carbons (Fsp3) is 0.464. The summed E-state index contributed by atoms with van der Waals surface area (Å²) in [6.07, 6.45) is 10.6. The van der Waals surface area contributed by atoms with E-state index in [4.69, 9.17) is 4.74 Å². The Morgan fingerprint density at radius 1 is 1.16 bits per heavy atom. The lowest BCUT2D eigenvalue weighted by Gasteiger charge is -2.39. The highest BCUT2D eigenvalue weighted by atomic mass is 16.5. The van der Waals surface area contributed by atoms with E-state index in [2.05, 4.69) is 63.1 Å². The number of methoxy groups -OCH3 is 1. The Kier molecular flexibility index (Phi) is 7.59. The van der Waals surface area contributed by atoms with E-state index < -0.39 is 0 Å². The van der Waals surface area contributed by atoms with Crippen LogP contribution >= 0.6 is 0 Å². The van der Waals surface area contributed by atoms with Crippen LogP contribution in [0.4, 0.5) is 5.69 Å². The van der Waals surface area contributed by atoms with Gasteiger partial charge in [0.2, 0.25) is 0 Å². The highest BCUT2D eigenvalue weighted by molar-refractivity contribution is 5.89. The van der Waals surface area contributed by atoms with Crippen molar-refractivity contribution >= 4 is 17.7 Å². The number of esters is 1. The van der Waals surface area contributed by atoms with Gasteiger partial charge >= 0.3 is 5.97 Å². The summed E-state index contributed by atoms with van der Waals surface area (Å²) < 4.78 is 4.79. The van der Waals surface area contributed by atoms with Crippen molar-refractivity contribution in [2.24, 2.45) is 0 Å². The minimum Gasteiger partial charge on any atom is -0.465 e. The maximum Gasteiger partial charge on any atom is 0.337 e. The summed E-state index contributed by atoms with van der Waals surface area (Å²) in [5.74, 6) is 0.0876. The van der Waals surface area contributed by atoms with Gasteiger partial charge in [0.05, 0.1) is 12.7 Å². The van der Waals surface area contributed by atoms with Gasteiger partial charge in [0.25, 0.3) is 0 Å². The van der Waals surface area contributed by atoms with E-state index in [1.54, 1.807) is 0 Å². The molecular weight excluding hydrogens is 382 g/mol. The number of fused-ring (bicyclic) bond motifs is 1. The van der Waals surface area contributed by atoms with Gasteiger partial charge in [0.1, 0.15) is 0 Å². The monoisotopic (exact) mass is 419 g/mol. The molecule has 0 radical (unpaired) electrons. The van der Waals surface area contributed by atoms with Crippen LogP contribution in [0.1, 0.15) is 85.8 Å². The summed E-state index contributed by atoms with van der Waals surface area (Å²) >= 11 is 0. The maximum atomic E-state index is 11.7. The van der Waals surface area contributed by atoms with Crippen LogP contribution in [0.25, 0.3) is 6.08 Å². The van der Waals surface area contributed by atoms with Gasteiger partial charge < -0.3 is 9.64 Å². The molecule has 0 fully saturated rings. The topological polar surface area (TPSA) is 29.5 Å². The number of hydrogen-bond donors (Lipinski definition) is 0. The number of anilines is 1. The van der Waals surface area contributed by atoms with Gasteiger partial charge in [0.15, 0.2) is 0 Å². The Morgan fingerprint density at radius 2 is 1.90 bits per heavy atom. The summed E-state index contributed by atoms with van der Waals surface area (Å²) in [7, 11) is 3.62. The van der Waals surface area contributed by atoms with Crippen molar-refractivity contribution in [1.82, 2.24) is 0 Å². The molecule has 0 N–H and O–H groups in total. The molecule has 1 aliphatic rings. The number of hydrogen-bond acceptors (Lipinski definition) is 3. The van der Waals surface area contributed by atoms with Gasteiger partial charge in [-0.3, -0.25) is 0 Å². The number of allylic oxidation sites excluding steroid dienone is 1. The van der Waals surface area contributed by atoms with Crippen molar-refractivity contribution in [3.05, 3.63) is 70.8 Å². The molecule has 0 amide bonds. The highest BCUT2D eigenvalue weighted by Crippen LogP contribution is 2.41. The van der Waals surface area contributed by atoms with Crippen molar-refractivity contribution in [2.75, 3.05) is 25.6 Å². The van der Waals surface area contributed by atoms with Crippen LogP contribution in [0.3, 0.4) is 0 Å². The molecule has 3 rings (SSSR count). The van der Waals surface area contributed by atoms with E-state index in [0.29, 0.717) is 11.5 Å². The number of carbonyl (C=O) groups is 1. The zero-order valence-electron chi connectivity index (χ0n) is 19.8.